The molecule has 42 heavy (non-hydrogen) atoms. The topological polar surface area (TPSA) is 90.3 Å². The lowest BCUT2D eigenvalue weighted by Crippen LogP contribution is -2.67. The predicted molar refractivity (Wildman–Crippen MR) is 158 cm³/mol. The molecule has 3 saturated carbocycles. The average molecular weight is 570 g/mol. The van der Waals surface area contributed by atoms with Crippen LogP contribution in [-0.4, -0.2) is 67.1 Å². The Morgan fingerprint density at radius 1 is 1.12 bits per heavy atom. The van der Waals surface area contributed by atoms with Crippen molar-refractivity contribution in [1.82, 2.24) is 39.5 Å². The quantitative estimate of drug-likeness (QED) is 0.274. The van der Waals surface area contributed by atoms with Gasteiger partial charge in [-0.2, -0.15) is 5.10 Å². The smallest absolute Gasteiger partial charge is 0.150 e. The number of ether oxygens (including phenoxy) is 1. The molecule has 0 spiro atoms. The van der Waals surface area contributed by atoms with E-state index in [4.69, 9.17) is 14.8 Å². The SMILES string of the molecule is CN(C)c1cc(-c2cn(Cc3cn4cc(CNCC56CC(F)(C5)C6)ccc4n3)nn2)c2cnn(C3CCCCO3)c2c1. The van der Waals surface area contributed by atoms with Crippen LogP contribution in [0.3, 0.4) is 0 Å². The van der Waals surface area contributed by atoms with Gasteiger partial charge in [0.05, 0.1) is 30.1 Å². The minimum Gasteiger partial charge on any atom is -0.378 e. The average Bonchev–Trinajstić information content (AvgIpc) is 3.69. The minimum absolute atomic E-state index is 0.0413. The largest absolute Gasteiger partial charge is 0.378 e. The number of hydrogen-bond donors (Lipinski definition) is 1. The first-order valence-electron chi connectivity index (χ1n) is 14.9. The van der Waals surface area contributed by atoms with Gasteiger partial charge in [-0.25, -0.2) is 18.7 Å². The highest BCUT2D eigenvalue weighted by Gasteiger charge is 2.68. The number of imidazole rings is 1. The van der Waals surface area contributed by atoms with Gasteiger partial charge in [0.1, 0.15) is 17.0 Å². The highest BCUT2D eigenvalue weighted by atomic mass is 19.1. The molecule has 9 rings (SSSR count). The Balaban J connectivity index is 1.01. The fourth-order valence-electron chi connectivity index (χ4n) is 7.20. The number of alkyl halides is 1. The molecule has 4 fully saturated rings. The van der Waals surface area contributed by atoms with Crippen LogP contribution >= 0.6 is 0 Å². The van der Waals surface area contributed by atoms with Gasteiger partial charge < -0.3 is 19.4 Å². The van der Waals surface area contributed by atoms with E-state index in [0.29, 0.717) is 6.54 Å². The van der Waals surface area contributed by atoms with Crippen LogP contribution in [-0.2, 0) is 17.8 Å². The van der Waals surface area contributed by atoms with E-state index in [0.717, 1.165) is 97.4 Å². The molecular weight excluding hydrogens is 533 g/mol. The molecule has 0 radical (unpaired) electrons. The number of benzene rings is 1. The summed E-state index contributed by atoms with van der Waals surface area (Å²) in [4.78, 5) is 6.91. The molecule has 5 aromatic rings. The van der Waals surface area contributed by atoms with Crippen molar-refractivity contribution in [1.29, 1.82) is 0 Å². The summed E-state index contributed by atoms with van der Waals surface area (Å²) in [5, 5.41) is 18.3. The molecule has 218 valence electrons. The van der Waals surface area contributed by atoms with Crippen LogP contribution in [0.15, 0.2) is 49.1 Å². The zero-order chi connectivity index (χ0) is 28.5. The molecule has 3 aliphatic carbocycles. The number of halogens is 1. The number of anilines is 1. The maximum Gasteiger partial charge on any atom is 0.150 e. The Kier molecular flexibility index (Phi) is 5.91. The normalized spacial score (nSPS) is 25.1. The Labute approximate surface area is 243 Å². The van der Waals surface area contributed by atoms with Gasteiger partial charge in [-0.1, -0.05) is 11.3 Å². The Bertz CT molecular complexity index is 1760. The van der Waals surface area contributed by atoms with E-state index in [9.17, 15) is 4.39 Å². The van der Waals surface area contributed by atoms with E-state index in [1.54, 1.807) is 0 Å². The van der Waals surface area contributed by atoms with E-state index in [-0.39, 0.29) is 11.6 Å². The van der Waals surface area contributed by atoms with Gasteiger partial charge in [0.2, 0.25) is 0 Å². The monoisotopic (exact) mass is 569 g/mol. The van der Waals surface area contributed by atoms with Gasteiger partial charge in [-0.05, 0) is 67.7 Å². The summed E-state index contributed by atoms with van der Waals surface area (Å²) in [7, 11) is 4.09. The summed E-state index contributed by atoms with van der Waals surface area (Å²) in [6.45, 7) is 2.94. The Morgan fingerprint density at radius 3 is 2.79 bits per heavy atom. The van der Waals surface area contributed by atoms with Gasteiger partial charge in [0.15, 0.2) is 6.23 Å². The number of nitrogens with zero attached hydrogens (tertiary/aromatic N) is 8. The molecule has 1 aliphatic heterocycles. The second-order valence-electron chi connectivity index (χ2n) is 12.9. The Morgan fingerprint density at radius 2 is 2.00 bits per heavy atom. The molecule has 1 atom stereocenters. The van der Waals surface area contributed by atoms with Crippen molar-refractivity contribution in [2.45, 2.75) is 63.5 Å². The molecule has 11 heteroatoms. The number of nitrogens with one attached hydrogen (secondary N) is 1. The van der Waals surface area contributed by atoms with Crippen LogP contribution < -0.4 is 10.2 Å². The van der Waals surface area contributed by atoms with E-state index in [2.05, 4.69) is 49.3 Å². The van der Waals surface area contributed by atoms with Crippen LogP contribution in [0.1, 0.15) is 56.0 Å². The first-order chi connectivity index (χ1) is 20.4. The molecule has 1 unspecified atom stereocenters. The third kappa shape index (κ3) is 4.46. The van der Waals surface area contributed by atoms with E-state index in [1.165, 1.54) is 5.56 Å². The van der Waals surface area contributed by atoms with Gasteiger partial charge in [-0.15, -0.1) is 5.10 Å². The lowest BCUT2D eigenvalue weighted by Gasteiger charge is -2.66. The number of aromatic nitrogens is 7. The van der Waals surface area contributed by atoms with E-state index in [1.807, 2.05) is 48.1 Å². The standard InChI is InChI=1S/C31H36FN9O/c1-38(2)23-9-24(25-12-34-41(27(25)10-23)29-5-3-4-8-42-29)26-16-40(37-36-26)15-22-14-39-13-21(6-7-28(39)35-22)11-33-20-30-17-31(32,18-30)19-30/h6-7,9-10,12-14,16,29,33H,3-5,8,11,15,17-20H2,1-2H3. The minimum atomic E-state index is -0.839. The fourth-order valence-corrected chi connectivity index (χ4v) is 7.20. The molecule has 1 aromatic carbocycles. The second kappa shape index (κ2) is 9.60. The number of pyridine rings is 1. The Hall–Kier alpha value is -3.83. The summed E-state index contributed by atoms with van der Waals surface area (Å²) >= 11 is 0. The van der Waals surface area contributed by atoms with Crippen molar-refractivity contribution in [2.75, 3.05) is 32.1 Å². The fraction of sp³-hybridized carbons (Fsp3) is 0.484. The van der Waals surface area contributed by atoms with Gasteiger partial charge >= 0.3 is 0 Å². The zero-order valence-electron chi connectivity index (χ0n) is 24.1. The highest BCUT2D eigenvalue weighted by molar-refractivity contribution is 5.96. The summed E-state index contributed by atoms with van der Waals surface area (Å²) in [5.74, 6) is 0. The maximum absolute atomic E-state index is 13.8. The van der Waals surface area contributed by atoms with Crippen LogP contribution in [0, 0.1) is 5.41 Å². The van der Waals surface area contributed by atoms with Crippen molar-refractivity contribution < 1.29 is 9.13 Å². The lowest BCUT2D eigenvalue weighted by molar-refractivity contribution is -0.209. The first-order valence-corrected chi connectivity index (χ1v) is 14.9. The summed E-state index contributed by atoms with van der Waals surface area (Å²) in [6, 6.07) is 8.47. The third-order valence-corrected chi connectivity index (χ3v) is 9.25. The highest BCUT2D eigenvalue weighted by Crippen LogP contribution is 2.69. The van der Waals surface area contributed by atoms with Gasteiger partial charge in [-0.3, -0.25) is 0 Å². The molecule has 2 bridgehead atoms. The van der Waals surface area contributed by atoms with Crippen molar-refractivity contribution in [3.63, 3.8) is 0 Å². The van der Waals surface area contributed by atoms with Crippen molar-refractivity contribution in [3.05, 3.63) is 60.3 Å². The lowest BCUT2D eigenvalue weighted by atomic mass is 9.42. The van der Waals surface area contributed by atoms with Gasteiger partial charge in [0, 0.05) is 62.8 Å². The molecular formula is C31H36FN9O. The van der Waals surface area contributed by atoms with Crippen molar-refractivity contribution >= 4 is 22.2 Å². The molecule has 5 heterocycles. The summed E-state index contributed by atoms with van der Waals surface area (Å²) in [5.41, 5.74) is 6.27. The number of fused-ring (bicyclic) bond motifs is 2. The van der Waals surface area contributed by atoms with Crippen LogP contribution in [0.4, 0.5) is 10.1 Å². The van der Waals surface area contributed by atoms with E-state index < -0.39 is 5.67 Å². The van der Waals surface area contributed by atoms with Crippen LogP contribution in [0.25, 0.3) is 27.8 Å². The van der Waals surface area contributed by atoms with E-state index >= 15 is 0 Å². The zero-order valence-corrected chi connectivity index (χ0v) is 24.1. The van der Waals surface area contributed by atoms with Gasteiger partial charge in [0.25, 0.3) is 0 Å². The third-order valence-electron chi connectivity index (χ3n) is 9.25. The number of rotatable bonds is 9. The molecule has 0 amide bonds. The molecule has 4 aliphatic rings. The summed E-state index contributed by atoms with van der Waals surface area (Å²) in [6.07, 6.45) is 13.4. The predicted octanol–water partition coefficient (Wildman–Crippen LogP) is 4.74. The van der Waals surface area contributed by atoms with Crippen molar-refractivity contribution in [2.24, 2.45) is 5.41 Å². The van der Waals surface area contributed by atoms with Crippen LogP contribution in [0.5, 0.6) is 0 Å². The molecule has 1 N–H and O–H groups in total. The van der Waals surface area contributed by atoms with Crippen molar-refractivity contribution in [3.8, 4) is 11.3 Å². The van der Waals surface area contributed by atoms with Crippen LogP contribution in [0.2, 0.25) is 0 Å². The second-order valence-corrected chi connectivity index (χ2v) is 12.9. The first kappa shape index (κ1) is 25.8. The maximum atomic E-state index is 13.8. The summed E-state index contributed by atoms with van der Waals surface area (Å²) < 4.78 is 25.8. The number of hydrogen-bond acceptors (Lipinski definition) is 7. The molecule has 1 saturated heterocycles. The molecule has 10 nitrogen and oxygen atoms in total. The molecule has 4 aromatic heterocycles.